The largest absolute Gasteiger partial charge is 0.512 e. The van der Waals surface area contributed by atoms with Crippen LogP contribution in [-0.4, -0.2) is 20.9 Å². The van der Waals surface area contributed by atoms with Crippen LogP contribution >= 0.6 is 11.3 Å². The molecule has 1 N–H and O–H groups in total. The number of aromatic nitrogens is 2. The van der Waals surface area contributed by atoms with Crippen molar-refractivity contribution in [3.8, 4) is 21.7 Å². The first-order valence-corrected chi connectivity index (χ1v) is 14.7. The van der Waals surface area contributed by atoms with Crippen molar-refractivity contribution < 1.29 is 34.4 Å². The molecular weight excluding hydrogens is 733 g/mol. The third kappa shape index (κ3) is 6.80. The number of aliphatic hydroxyl groups is 1. The van der Waals surface area contributed by atoms with Gasteiger partial charge in [-0.25, -0.2) is 4.98 Å². The second-order valence-corrected chi connectivity index (χ2v) is 12.9. The minimum absolute atomic E-state index is 0. The number of fused-ring (bicyclic) bond motifs is 4. The van der Waals surface area contributed by atoms with Gasteiger partial charge in [-0.3, -0.25) is 4.79 Å². The molecule has 0 bridgehead atoms. The summed E-state index contributed by atoms with van der Waals surface area (Å²) in [4.78, 5) is 20.7. The number of hydrogen-bond donors (Lipinski definition) is 1. The number of carbonyl (C=O) groups is 1. The van der Waals surface area contributed by atoms with E-state index < -0.39 is 0 Å². The van der Waals surface area contributed by atoms with Crippen molar-refractivity contribution in [3.05, 3.63) is 95.0 Å². The Bertz CT molecular complexity index is 1980. The second kappa shape index (κ2) is 12.5. The smallest absolute Gasteiger partial charge is 0.216 e. The molecule has 0 aliphatic rings. The molecule has 1 radical (unpaired) electrons. The molecule has 0 aliphatic heterocycles. The third-order valence-electron chi connectivity index (χ3n) is 7.15. The first kappa shape index (κ1) is 32.3. The van der Waals surface area contributed by atoms with Crippen LogP contribution in [0, 0.1) is 26.8 Å². The second-order valence-electron chi connectivity index (χ2n) is 11.9. The van der Waals surface area contributed by atoms with Gasteiger partial charge in [0.2, 0.25) is 5.71 Å². The Morgan fingerprint density at radius 3 is 2.30 bits per heavy atom. The van der Waals surface area contributed by atoms with Gasteiger partial charge in [0.05, 0.1) is 11.3 Å². The summed E-state index contributed by atoms with van der Waals surface area (Å²) in [6.07, 6.45) is 3.14. The maximum Gasteiger partial charge on any atom is 0.216 e. The Hall–Kier alpha value is -3.64. The molecule has 2 aromatic carbocycles. The molecule has 6 rings (SSSR count). The number of aryl methyl sites for hydroxylation is 3. The van der Waals surface area contributed by atoms with E-state index in [1.54, 1.807) is 0 Å². The Morgan fingerprint density at radius 1 is 1.00 bits per heavy atom. The number of aliphatic hydroxyl groups excluding tert-OH is 1. The van der Waals surface area contributed by atoms with Crippen molar-refractivity contribution in [1.82, 2.24) is 9.97 Å². The fourth-order valence-corrected chi connectivity index (χ4v) is 6.42. The fraction of sp³-hybridized carbons (Fsp3) is 0.250. The van der Waals surface area contributed by atoms with Crippen molar-refractivity contribution in [2.45, 2.75) is 60.8 Å². The van der Waals surface area contributed by atoms with E-state index in [0.29, 0.717) is 5.71 Å². The topological polar surface area (TPSA) is 76.2 Å². The van der Waals surface area contributed by atoms with Crippen LogP contribution in [0.2, 0.25) is 0 Å². The van der Waals surface area contributed by atoms with Gasteiger partial charge in [0.1, 0.15) is 0 Å². The average Bonchev–Trinajstić information content (AvgIpc) is 3.47. The van der Waals surface area contributed by atoms with Crippen molar-refractivity contribution in [2.24, 2.45) is 0 Å². The van der Waals surface area contributed by atoms with Gasteiger partial charge in [-0.15, -0.1) is 29.5 Å². The molecule has 0 saturated heterocycles. The summed E-state index contributed by atoms with van der Waals surface area (Å²) in [5, 5.41) is 11.6. The molecule has 43 heavy (non-hydrogen) atoms. The Morgan fingerprint density at radius 2 is 1.70 bits per heavy atom. The number of allylic oxidation sites excluding steroid dienone is 2. The van der Waals surface area contributed by atoms with E-state index in [0.717, 1.165) is 38.7 Å². The minimum Gasteiger partial charge on any atom is -0.512 e. The summed E-state index contributed by atoms with van der Waals surface area (Å²) in [7, 11) is 0. The summed E-state index contributed by atoms with van der Waals surface area (Å²) < 4.78 is 7.40. The number of pyridine rings is 2. The van der Waals surface area contributed by atoms with Gasteiger partial charge in [-0.05, 0) is 86.2 Å². The van der Waals surface area contributed by atoms with Crippen LogP contribution in [0.15, 0.2) is 71.0 Å². The number of carbonyl (C=O) groups excluding carboxylic acids is 1. The molecule has 4 heterocycles. The standard InChI is InChI=1S/C31H27N2OS.C5H8O2.Ir/c1-17-12-21(31(4,5)6)13-18(2)28(17)27-14-20-16-32-25(15-26(20)35-27)24-9-7-8-22-23-11-10-19(3)33-30(23)34-29(22)24;1-4(6)3-5(2)7;/h7-8,10-16H,1-6H3;3,6H,1-2H3;/q-1;;/b;4-3-;. The van der Waals surface area contributed by atoms with Gasteiger partial charge >= 0.3 is 0 Å². The third-order valence-corrected chi connectivity index (χ3v) is 8.27. The molecule has 0 saturated carbocycles. The quantitative estimate of drug-likeness (QED) is 0.110. The summed E-state index contributed by atoms with van der Waals surface area (Å²) in [6.45, 7) is 16.1. The van der Waals surface area contributed by atoms with E-state index in [1.807, 2.05) is 42.7 Å². The zero-order valence-corrected chi connectivity index (χ0v) is 28.9. The molecule has 0 spiro atoms. The summed E-state index contributed by atoms with van der Waals surface area (Å²) in [5.74, 6) is -0.0625. The Balaban J connectivity index is 0.000000475. The Labute approximate surface area is 270 Å². The van der Waals surface area contributed by atoms with Gasteiger partial charge in [0, 0.05) is 58.4 Å². The van der Waals surface area contributed by atoms with Gasteiger partial charge in [0.25, 0.3) is 0 Å². The van der Waals surface area contributed by atoms with E-state index in [1.165, 1.54) is 51.8 Å². The number of benzene rings is 2. The van der Waals surface area contributed by atoms with Crippen LogP contribution in [0.1, 0.15) is 57.0 Å². The van der Waals surface area contributed by atoms with Crippen molar-refractivity contribution in [3.63, 3.8) is 0 Å². The molecule has 5 nitrogen and oxygen atoms in total. The molecule has 7 heteroatoms. The van der Waals surface area contributed by atoms with Crippen molar-refractivity contribution in [1.29, 1.82) is 0 Å². The Kier molecular flexibility index (Phi) is 9.41. The first-order valence-electron chi connectivity index (χ1n) is 13.9. The maximum absolute atomic E-state index is 10.0. The van der Waals surface area contributed by atoms with Crippen LogP contribution in [0.4, 0.5) is 0 Å². The van der Waals surface area contributed by atoms with Gasteiger partial charge in [-0.2, -0.15) is 0 Å². The summed E-state index contributed by atoms with van der Waals surface area (Å²) >= 11 is 1.82. The minimum atomic E-state index is -0.125. The van der Waals surface area contributed by atoms with Crippen LogP contribution in [0.25, 0.3) is 53.9 Å². The van der Waals surface area contributed by atoms with Crippen LogP contribution in [0.3, 0.4) is 0 Å². The normalized spacial score (nSPS) is 11.9. The number of ketones is 1. The number of hydrogen-bond acceptors (Lipinski definition) is 6. The molecule has 0 fully saturated rings. The predicted octanol–water partition coefficient (Wildman–Crippen LogP) is 9.98. The number of furan rings is 1. The molecule has 6 aromatic rings. The first-order chi connectivity index (χ1) is 19.8. The SMILES string of the molecule is CC(=O)/C=C(/C)O.Cc1ccc2c(n1)oc1c(-c3cc4sc(-c5c(C)cc(C(C)(C)C)cc5C)cc4cn3)[c-]ccc12.[Ir]. The molecule has 4 aromatic heterocycles. The molecule has 0 atom stereocenters. The molecule has 0 unspecified atom stereocenters. The predicted molar refractivity (Wildman–Crippen MR) is 174 cm³/mol. The number of thiophene rings is 1. The van der Waals surface area contributed by atoms with Crippen LogP contribution < -0.4 is 0 Å². The monoisotopic (exact) mass is 768 g/mol. The van der Waals surface area contributed by atoms with Crippen LogP contribution in [0.5, 0.6) is 0 Å². The summed E-state index contributed by atoms with van der Waals surface area (Å²) in [5.41, 5.74) is 9.59. The van der Waals surface area contributed by atoms with E-state index in [4.69, 9.17) is 14.5 Å². The van der Waals surface area contributed by atoms with Gasteiger partial charge in [0.15, 0.2) is 5.78 Å². The molecule has 0 aliphatic carbocycles. The molecule has 223 valence electrons. The van der Waals surface area contributed by atoms with E-state index in [2.05, 4.69) is 76.0 Å². The van der Waals surface area contributed by atoms with Crippen LogP contribution in [-0.2, 0) is 30.3 Å². The summed E-state index contributed by atoms with van der Waals surface area (Å²) in [6, 6.07) is 20.5. The number of rotatable bonds is 3. The van der Waals surface area contributed by atoms with E-state index in [9.17, 15) is 4.79 Å². The van der Waals surface area contributed by atoms with E-state index >= 15 is 0 Å². The maximum atomic E-state index is 10.0. The van der Waals surface area contributed by atoms with Gasteiger partial charge < -0.3 is 14.5 Å². The van der Waals surface area contributed by atoms with Crippen molar-refractivity contribution in [2.75, 3.05) is 0 Å². The van der Waals surface area contributed by atoms with Crippen molar-refractivity contribution >= 4 is 49.3 Å². The zero-order chi connectivity index (χ0) is 30.3. The van der Waals surface area contributed by atoms with Gasteiger partial charge in [-0.1, -0.05) is 49.9 Å². The fourth-order valence-electron chi connectivity index (χ4n) is 5.18. The number of nitrogens with zero attached hydrogens (tertiary/aromatic N) is 2. The van der Waals surface area contributed by atoms with E-state index in [-0.39, 0.29) is 37.1 Å². The molecule has 0 amide bonds. The zero-order valence-electron chi connectivity index (χ0n) is 25.7. The molecular formula is C36H35IrN2O3S-. The average molecular weight is 768 g/mol.